The van der Waals surface area contributed by atoms with Crippen molar-refractivity contribution in [2.75, 3.05) is 20.1 Å². The van der Waals surface area contributed by atoms with Crippen LogP contribution in [0, 0.1) is 5.92 Å². The molecule has 64 valence electrons. The minimum absolute atomic E-state index is 0.172. The Morgan fingerprint density at radius 3 is 2.82 bits per heavy atom. The van der Waals surface area contributed by atoms with Crippen LogP contribution >= 0.6 is 0 Å². The van der Waals surface area contributed by atoms with Gasteiger partial charge in [-0.1, -0.05) is 0 Å². The lowest BCUT2D eigenvalue weighted by Crippen LogP contribution is -2.28. The molecular formula is C8H16N2O. The molecule has 1 rings (SSSR count). The summed E-state index contributed by atoms with van der Waals surface area (Å²) >= 11 is 0. The highest BCUT2D eigenvalue weighted by Crippen LogP contribution is 2.27. The third kappa shape index (κ3) is 3.98. The number of carbonyl (C=O) groups excluding carboxylic acids is 1. The Hall–Kier alpha value is -0.570. The van der Waals surface area contributed by atoms with Gasteiger partial charge in [-0.25, -0.2) is 0 Å². The minimum Gasteiger partial charge on any atom is -0.356 e. The van der Waals surface area contributed by atoms with Crippen molar-refractivity contribution in [3.63, 3.8) is 0 Å². The molecule has 0 bridgehead atoms. The molecule has 0 aliphatic heterocycles. The Morgan fingerprint density at radius 2 is 2.27 bits per heavy atom. The van der Waals surface area contributed by atoms with Crippen LogP contribution in [0.15, 0.2) is 0 Å². The molecule has 1 amide bonds. The number of hydrogen-bond donors (Lipinski definition) is 2. The van der Waals surface area contributed by atoms with E-state index in [1.54, 1.807) is 0 Å². The van der Waals surface area contributed by atoms with Gasteiger partial charge in [-0.2, -0.15) is 0 Å². The van der Waals surface area contributed by atoms with Crippen molar-refractivity contribution in [3.8, 4) is 0 Å². The Labute approximate surface area is 67.5 Å². The fraction of sp³-hybridized carbons (Fsp3) is 0.875. The van der Waals surface area contributed by atoms with Gasteiger partial charge >= 0.3 is 0 Å². The summed E-state index contributed by atoms with van der Waals surface area (Å²) in [7, 11) is 1.86. The van der Waals surface area contributed by atoms with E-state index < -0.39 is 0 Å². The molecule has 2 N–H and O–H groups in total. The van der Waals surface area contributed by atoms with E-state index in [1.807, 2.05) is 7.05 Å². The van der Waals surface area contributed by atoms with E-state index in [-0.39, 0.29) is 5.91 Å². The van der Waals surface area contributed by atoms with E-state index in [1.165, 1.54) is 12.8 Å². The highest BCUT2D eigenvalue weighted by Gasteiger charge is 2.21. The monoisotopic (exact) mass is 156 g/mol. The van der Waals surface area contributed by atoms with Gasteiger partial charge in [0.1, 0.15) is 0 Å². The average molecular weight is 156 g/mol. The molecule has 0 saturated heterocycles. The number of nitrogens with one attached hydrogen (secondary N) is 2. The largest absolute Gasteiger partial charge is 0.356 e. The molecule has 0 aromatic rings. The summed E-state index contributed by atoms with van der Waals surface area (Å²) < 4.78 is 0. The second-order valence-corrected chi connectivity index (χ2v) is 3.10. The molecule has 3 heteroatoms. The van der Waals surface area contributed by atoms with Gasteiger partial charge in [-0.15, -0.1) is 0 Å². The maximum atomic E-state index is 11.0. The summed E-state index contributed by atoms with van der Waals surface area (Å²) in [6.45, 7) is 1.67. The van der Waals surface area contributed by atoms with Gasteiger partial charge in [-0.05, 0) is 25.8 Å². The SMILES string of the molecule is CNCCC(=O)NCC1CC1. The Morgan fingerprint density at radius 1 is 1.55 bits per heavy atom. The number of amides is 1. The number of hydrogen-bond acceptors (Lipinski definition) is 2. The smallest absolute Gasteiger partial charge is 0.221 e. The molecule has 0 unspecified atom stereocenters. The third-order valence-electron chi connectivity index (χ3n) is 1.89. The molecular weight excluding hydrogens is 140 g/mol. The molecule has 0 spiro atoms. The lowest BCUT2D eigenvalue weighted by molar-refractivity contribution is -0.121. The topological polar surface area (TPSA) is 41.1 Å². The summed E-state index contributed by atoms with van der Waals surface area (Å²) in [6.07, 6.45) is 3.20. The lowest BCUT2D eigenvalue weighted by Gasteiger charge is -2.02. The zero-order chi connectivity index (χ0) is 8.10. The summed E-state index contributed by atoms with van der Waals surface area (Å²) in [5.74, 6) is 0.958. The second kappa shape index (κ2) is 4.34. The first kappa shape index (κ1) is 8.53. The molecule has 0 aromatic heterocycles. The highest BCUT2D eigenvalue weighted by molar-refractivity contribution is 5.76. The predicted molar refractivity (Wildman–Crippen MR) is 44.3 cm³/mol. The van der Waals surface area contributed by atoms with Crippen molar-refractivity contribution in [2.45, 2.75) is 19.3 Å². The van der Waals surface area contributed by atoms with Crippen molar-refractivity contribution in [1.82, 2.24) is 10.6 Å². The molecule has 0 radical (unpaired) electrons. The van der Waals surface area contributed by atoms with Crippen LogP contribution in [-0.2, 0) is 4.79 Å². The van der Waals surface area contributed by atoms with Crippen molar-refractivity contribution >= 4 is 5.91 Å². The first-order chi connectivity index (χ1) is 5.33. The van der Waals surface area contributed by atoms with Crippen LogP contribution in [0.2, 0.25) is 0 Å². The van der Waals surface area contributed by atoms with Crippen LogP contribution in [0.4, 0.5) is 0 Å². The molecule has 1 aliphatic rings. The maximum Gasteiger partial charge on any atom is 0.221 e. The van der Waals surface area contributed by atoms with Gasteiger partial charge in [0.05, 0.1) is 0 Å². The van der Waals surface area contributed by atoms with E-state index in [4.69, 9.17) is 0 Å². The second-order valence-electron chi connectivity index (χ2n) is 3.10. The normalized spacial score (nSPS) is 16.5. The van der Waals surface area contributed by atoms with Crippen molar-refractivity contribution < 1.29 is 4.79 Å². The zero-order valence-corrected chi connectivity index (χ0v) is 7.02. The third-order valence-corrected chi connectivity index (χ3v) is 1.89. The first-order valence-corrected chi connectivity index (χ1v) is 4.24. The molecule has 1 saturated carbocycles. The van der Waals surface area contributed by atoms with Crippen LogP contribution in [0.3, 0.4) is 0 Å². The van der Waals surface area contributed by atoms with Crippen LogP contribution in [0.1, 0.15) is 19.3 Å². The summed E-state index contributed by atoms with van der Waals surface area (Å²) in [6, 6.07) is 0. The summed E-state index contributed by atoms with van der Waals surface area (Å²) in [4.78, 5) is 11.0. The molecule has 0 atom stereocenters. The predicted octanol–water partition coefficient (Wildman–Crippen LogP) is 0.122. The lowest BCUT2D eigenvalue weighted by atomic mass is 10.3. The van der Waals surface area contributed by atoms with Gasteiger partial charge in [-0.3, -0.25) is 4.79 Å². The van der Waals surface area contributed by atoms with Crippen molar-refractivity contribution in [2.24, 2.45) is 5.92 Å². The van der Waals surface area contributed by atoms with Crippen LogP contribution in [0.5, 0.6) is 0 Å². The van der Waals surface area contributed by atoms with E-state index in [9.17, 15) is 4.79 Å². The van der Waals surface area contributed by atoms with Gasteiger partial charge in [0.15, 0.2) is 0 Å². The van der Waals surface area contributed by atoms with E-state index in [0.29, 0.717) is 6.42 Å². The van der Waals surface area contributed by atoms with Crippen LogP contribution in [-0.4, -0.2) is 26.0 Å². The Bertz CT molecular complexity index is 132. The van der Waals surface area contributed by atoms with Gasteiger partial charge in [0.2, 0.25) is 5.91 Å². The van der Waals surface area contributed by atoms with E-state index >= 15 is 0 Å². The quantitative estimate of drug-likeness (QED) is 0.593. The molecule has 1 fully saturated rings. The summed E-state index contributed by atoms with van der Waals surface area (Å²) in [5, 5.41) is 5.84. The standard InChI is InChI=1S/C8H16N2O/c1-9-5-4-8(11)10-6-7-2-3-7/h7,9H,2-6H2,1H3,(H,10,11). The first-order valence-electron chi connectivity index (χ1n) is 4.24. The van der Waals surface area contributed by atoms with Crippen LogP contribution < -0.4 is 10.6 Å². The Kier molecular flexibility index (Phi) is 3.36. The molecule has 3 nitrogen and oxygen atoms in total. The van der Waals surface area contributed by atoms with Crippen LogP contribution in [0.25, 0.3) is 0 Å². The number of carbonyl (C=O) groups is 1. The maximum absolute atomic E-state index is 11.0. The highest BCUT2D eigenvalue weighted by atomic mass is 16.1. The van der Waals surface area contributed by atoms with Gasteiger partial charge in [0.25, 0.3) is 0 Å². The fourth-order valence-electron chi connectivity index (χ4n) is 0.907. The average Bonchev–Trinajstić information content (AvgIpc) is 2.80. The molecule has 1 aliphatic carbocycles. The molecule has 11 heavy (non-hydrogen) atoms. The van der Waals surface area contributed by atoms with E-state index in [0.717, 1.165) is 19.0 Å². The van der Waals surface area contributed by atoms with Crippen molar-refractivity contribution in [1.29, 1.82) is 0 Å². The van der Waals surface area contributed by atoms with Crippen molar-refractivity contribution in [3.05, 3.63) is 0 Å². The van der Waals surface area contributed by atoms with Gasteiger partial charge < -0.3 is 10.6 Å². The Balaban J connectivity index is 1.91. The summed E-state index contributed by atoms with van der Waals surface area (Å²) in [5.41, 5.74) is 0. The fourth-order valence-corrected chi connectivity index (χ4v) is 0.907. The van der Waals surface area contributed by atoms with E-state index in [2.05, 4.69) is 10.6 Å². The molecule has 0 heterocycles. The minimum atomic E-state index is 0.172. The number of rotatable bonds is 5. The van der Waals surface area contributed by atoms with Gasteiger partial charge in [0, 0.05) is 19.5 Å². The zero-order valence-electron chi connectivity index (χ0n) is 7.02. The molecule has 0 aromatic carbocycles.